The molecule has 0 spiro atoms. The smallest absolute Gasteiger partial charge is 0.0746 e. The molecule has 0 radical (unpaired) electrons. The molecule has 0 unspecified atom stereocenters. The molecular weight excluding hydrogens is 126 g/mol. The SMILES string of the molecule is CCCNCC(C)(C)OC.[HH]. The topological polar surface area (TPSA) is 21.3 Å². The zero-order valence-electron chi connectivity index (χ0n) is 7.53. The van der Waals surface area contributed by atoms with E-state index in [0.717, 1.165) is 13.1 Å². The fraction of sp³-hybridized carbons (Fsp3) is 1.00. The molecule has 0 aliphatic carbocycles. The van der Waals surface area contributed by atoms with Gasteiger partial charge in [0.25, 0.3) is 0 Å². The third-order valence-electron chi connectivity index (χ3n) is 1.53. The van der Waals surface area contributed by atoms with Crippen LogP contribution in [0.3, 0.4) is 0 Å². The predicted molar refractivity (Wildman–Crippen MR) is 46.4 cm³/mol. The van der Waals surface area contributed by atoms with Crippen LogP contribution in [0.5, 0.6) is 0 Å². The van der Waals surface area contributed by atoms with Crippen LogP contribution in [0.4, 0.5) is 0 Å². The van der Waals surface area contributed by atoms with Crippen LogP contribution in [-0.2, 0) is 4.74 Å². The first-order chi connectivity index (χ1) is 4.62. The lowest BCUT2D eigenvalue weighted by Crippen LogP contribution is -2.36. The van der Waals surface area contributed by atoms with Gasteiger partial charge in [-0.05, 0) is 26.8 Å². The maximum atomic E-state index is 5.22. The molecule has 0 aliphatic heterocycles. The lowest BCUT2D eigenvalue weighted by molar-refractivity contribution is 0.0235. The van der Waals surface area contributed by atoms with Crippen LogP contribution in [-0.4, -0.2) is 25.8 Å². The highest BCUT2D eigenvalue weighted by molar-refractivity contribution is 4.70. The van der Waals surface area contributed by atoms with Crippen molar-refractivity contribution < 1.29 is 6.16 Å². The van der Waals surface area contributed by atoms with E-state index in [1.54, 1.807) is 7.11 Å². The van der Waals surface area contributed by atoms with Gasteiger partial charge in [-0.2, -0.15) is 0 Å². The molecule has 10 heavy (non-hydrogen) atoms. The van der Waals surface area contributed by atoms with Gasteiger partial charge < -0.3 is 10.1 Å². The van der Waals surface area contributed by atoms with Gasteiger partial charge in [0.2, 0.25) is 0 Å². The van der Waals surface area contributed by atoms with Crippen LogP contribution >= 0.6 is 0 Å². The van der Waals surface area contributed by atoms with Crippen molar-refractivity contribution in [1.29, 1.82) is 0 Å². The number of methoxy groups -OCH3 is 1. The van der Waals surface area contributed by atoms with Crippen LogP contribution in [0.2, 0.25) is 0 Å². The molecule has 1 N–H and O–H groups in total. The van der Waals surface area contributed by atoms with Gasteiger partial charge in [-0.25, -0.2) is 0 Å². The Bertz CT molecular complexity index is 86.2. The average Bonchev–Trinajstić information content (AvgIpc) is 1.89. The highest BCUT2D eigenvalue weighted by Gasteiger charge is 2.14. The molecule has 2 heteroatoms. The minimum atomic E-state index is -0.0187. The Morgan fingerprint density at radius 2 is 2.10 bits per heavy atom. The van der Waals surface area contributed by atoms with Gasteiger partial charge in [-0.1, -0.05) is 6.92 Å². The molecule has 0 saturated carbocycles. The van der Waals surface area contributed by atoms with Crippen molar-refractivity contribution in [2.75, 3.05) is 20.2 Å². The summed E-state index contributed by atoms with van der Waals surface area (Å²) in [7, 11) is 1.74. The van der Waals surface area contributed by atoms with Gasteiger partial charge in [0.05, 0.1) is 5.60 Å². The van der Waals surface area contributed by atoms with Gasteiger partial charge in [0.15, 0.2) is 0 Å². The van der Waals surface area contributed by atoms with E-state index in [9.17, 15) is 0 Å². The zero-order valence-corrected chi connectivity index (χ0v) is 7.53. The number of hydrogen-bond acceptors (Lipinski definition) is 2. The molecule has 64 valence electrons. The standard InChI is InChI=1S/C8H19NO.H2/c1-5-6-9-7-8(2,3)10-4;/h9H,5-7H2,1-4H3;1H. The Morgan fingerprint density at radius 3 is 2.50 bits per heavy atom. The van der Waals surface area contributed by atoms with Gasteiger partial charge in [-0.3, -0.25) is 0 Å². The normalized spacial score (nSPS) is 12.0. The maximum absolute atomic E-state index is 5.22. The first kappa shape index (κ1) is 9.92. The summed E-state index contributed by atoms with van der Waals surface area (Å²) in [4.78, 5) is 0. The molecule has 0 aliphatic rings. The molecule has 0 amide bonds. The van der Waals surface area contributed by atoms with E-state index < -0.39 is 0 Å². The van der Waals surface area contributed by atoms with Gasteiger partial charge in [-0.15, -0.1) is 0 Å². The van der Waals surface area contributed by atoms with E-state index in [2.05, 4.69) is 26.1 Å². The summed E-state index contributed by atoms with van der Waals surface area (Å²) in [5, 5.41) is 3.30. The molecule has 0 aromatic rings. The summed E-state index contributed by atoms with van der Waals surface area (Å²) in [5.74, 6) is 0. The summed E-state index contributed by atoms with van der Waals surface area (Å²) in [6.45, 7) is 8.32. The summed E-state index contributed by atoms with van der Waals surface area (Å²) >= 11 is 0. The quantitative estimate of drug-likeness (QED) is 0.597. The molecule has 0 atom stereocenters. The van der Waals surface area contributed by atoms with E-state index in [1.807, 2.05) is 0 Å². The fourth-order valence-corrected chi connectivity index (χ4v) is 0.638. The largest absolute Gasteiger partial charge is 0.377 e. The van der Waals surface area contributed by atoms with E-state index in [-0.39, 0.29) is 7.03 Å². The minimum absolute atomic E-state index is 0. The Kier molecular flexibility index (Phi) is 4.65. The third kappa shape index (κ3) is 4.77. The number of nitrogens with one attached hydrogen (secondary N) is 1. The fourth-order valence-electron chi connectivity index (χ4n) is 0.638. The van der Waals surface area contributed by atoms with Crippen LogP contribution in [0, 0.1) is 0 Å². The molecular formula is C8H21NO. The molecule has 0 bridgehead atoms. The lowest BCUT2D eigenvalue weighted by Gasteiger charge is -2.22. The first-order valence-electron chi connectivity index (χ1n) is 3.88. The molecule has 0 heterocycles. The predicted octanol–water partition coefficient (Wildman–Crippen LogP) is 1.66. The molecule has 0 aromatic heterocycles. The Hall–Kier alpha value is -0.0800. The lowest BCUT2D eigenvalue weighted by atomic mass is 10.1. The zero-order chi connectivity index (χ0) is 8.04. The monoisotopic (exact) mass is 147 g/mol. The Balaban J connectivity index is 0. The van der Waals surface area contributed by atoms with Crippen molar-refractivity contribution in [1.82, 2.24) is 5.32 Å². The molecule has 0 saturated heterocycles. The van der Waals surface area contributed by atoms with Crippen LogP contribution in [0.25, 0.3) is 0 Å². The summed E-state index contributed by atoms with van der Waals surface area (Å²) in [6, 6.07) is 0. The van der Waals surface area contributed by atoms with Crippen molar-refractivity contribution in [3.63, 3.8) is 0 Å². The number of hydrogen-bond donors (Lipinski definition) is 1. The third-order valence-corrected chi connectivity index (χ3v) is 1.53. The average molecular weight is 147 g/mol. The van der Waals surface area contributed by atoms with Crippen LogP contribution in [0.1, 0.15) is 28.6 Å². The van der Waals surface area contributed by atoms with Crippen molar-refractivity contribution in [3.8, 4) is 0 Å². The Labute approximate surface area is 65.4 Å². The van der Waals surface area contributed by atoms with Crippen molar-refractivity contribution in [2.24, 2.45) is 0 Å². The molecule has 0 aromatic carbocycles. The highest BCUT2D eigenvalue weighted by Crippen LogP contribution is 2.03. The second-order valence-electron chi connectivity index (χ2n) is 3.14. The minimum Gasteiger partial charge on any atom is -0.377 e. The van der Waals surface area contributed by atoms with Crippen molar-refractivity contribution >= 4 is 0 Å². The summed E-state index contributed by atoms with van der Waals surface area (Å²) in [5.41, 5.74) is -0.0187. The van der Waals surface area contributed by atoms with Gasteiger partial charge >= 0.3 is 0 Å². The molecule has 2 nitrogen and oxygen atoms in total. The van der Waals surface area contributed by atoms with Crippen molar-refractivity contribution in [2.45, 2.75) is 32.8 Å². The Morgan fingerprint density at radius 1 is 1.50 bits per heavy atom. The van der Waals surface area contributed by atoms with Crippen molar-refractivity contribution in [3.05, 3.63) is 0 Å². The number of ether oxygens (including phenoxy) is 1. The van der Waals surface area contributed by atoms with E-state index >= 15 is 0 Å². The first-order valence-corrected chi connectivity index (χ1v) is 3.88. The van der Waals surface area contributed by atoms with E-state index in [0.29, 0.717) is 0 Å². The van der Waals surface area contributed by atoms with Gasteiger partial charge in [0.1, 0.15) is 0 Å². The molecule has 0 rings (SSSR count). The highest BCUT2D eigenvalue weighted by atomic mass is 16.5. The van der Waals surface area contributed by atoms with Gasteiger partial charge in [0, 0.05) is 15.1 Å². The second-order valence-corrected chi connectivity index (χ2v) is 3.14. The van der Waals surface area contributed by atoms with E-state index in [1.165, 1.54) is 6.42 Å². The summed E-state index contributed by atoms with van der Waals surface area (Å²) in [6.07, 6.45) is 1.18. The van der Waals surface area contributed by atoms with Crippen LogP contribution < -0.4 is 5.32 Å². The second kappa shape index (κ2) is 4.69. The summed E-state index contributed by atoms with van der Waals surface area (Å²) < 4.78 is 5.22. The maximum Gasteiger partial charge on any atom is 0.0746 e. The number of rotatable bonds is 5. The van der Waals surface area contributed by atoms with E-state index in [4.69, 9.17) is 4.74 Å². The molecule has 0 fully saturated rings. The van der Waals surface area contributed by atoms with Crippen LogP contribution in [0.15, 0.2) is 0 Å².